The van der Waals surface area contributed by atoms with E-state index in [9.17, 15) is 9.18 Å². The number of hydrogen-bond donors (Lipinski definition) is 1. The molecule has 2 saturated heterocycles. The molecule has 1 aromatic carbocycles. The summed E-state index contributed by atoms with van der Waals surface area (Å²) in [7, 11) is 0. The summed E-state index contributed by atoms with van der Waals surface area (Å²) in [5.74, 6) is 0.310. The van der Waals surface area contributed by atoms with E-state index < -0.39 is 0 Å². The first-order valence-electron chi connectivity index (χ1n) is 8.14. The third-order valence-electron chi connectivity index (χ3n) is 4.87. The summed E-state index contributed by atoms with van der Waals surface area (Å²) in [5, 5.41) is 6.73. The Bertz CT molecular complexity index is 776. The van der Waals surface area contributed by atoms with Gasteiger partial charge < -0.3 is 9.42 Å². The van der Waals surface area contributed by atoms with Crippen molar-refractivity contribution in [1.29, 1.82) is 0 Å². The predicted octanol–water partition coefficient (Wildman–Crippen LogP) is 2.71. The first kappa shape index (κ1) is 15.1. The summed E-state index contributed by atoms with van der Waals surface area (Å²) < 4.78 is 19.2. The number of fused-ring (bicyclic) bond motifs is 2. The van der Waals surface area contributed by atoms with Crippen molar-refractivity contribution in [3.8, 4) is 11.3 Å². The van der Waals surface area contributed by atoms with Gasteiger partial charge in [-0.05, 0) is 25.5 Å². The van der Waals surface area contributed by atoms with Crippen molar-refractivity contribution in [2.75, 3.05) is 31.5 Å². The molecule has 6 nitrogen and oxygen atoms in total. The van der Waals surface area contributed by atoms with E-state index in [1.807, 2.05) is 4.90 Å². The van der Waals surface area contributed by atoms with Crippen LogP contribution in [-0.2, 0) is 0 Å². The topological polar surface area (TPSA) is 61.6 Å². The minimum absolute atomic E-state index is 0.168. The number of piperazine rings is 1. The highest BCUT2D eigenvalue weighted by Crippen LogP contribution is 2.30. The minimum atomic E-state index is -0.378. The van der Waals surface area contributed by atoms with Crippen LogP contribution in [0.5, 0.6) is 0 Å². The number of rotatable bonds is 2. The highest BCUT2D eigenvalue weighted by atomic mass is 19.1. The molecule has 126 valence electrons. The fourth-order valence-electron chi connectivity index (χ4n) is 3.49. The molecule has 3 heterocycles. The zero-order chi connectivity index (χ0) is 16.7. The number of amides is 2. The van der Waals surface area contributed by atoms with Crippen LogP contribution < -0.4 is 5.32 Å². The molecule has 24 heavy (non-hydrogen) atoms. The molecule has 2 amide bonds. The molecule has 0 radical (unpaired) electrons. The van der Waals surface area contributed by atoms with Gasteiger partial charge in [0.2, 0.25) is 0 Å². The Kier molecular flexibility index (Phi) is 3.72. The molecule has 7 heteroatoms. The SMILES string of the molecule is Cc1c(NC(=O)N2CCN3CCC2C3)noc1-c1ccccc1F. The molecule has 2 aliphatic heterocycles. The van der Waals surface area contributed by atoms with Gasteiger partial charge >= 0.3 is 6.03 Å². The molecule has 2 aromatic rings. The predicted molar refractivity (Wildman–Crippen MR) is 87.2 cm³/mol. The number of urea groups is 1. The highest BCUT2D eigenvalue weighted by molar-refractivity contribution is 5.90. The molecular weight excluding hydrogens is 311 g/mol. The average molecular weight is 330 g/mol. The van der Waals surface area contributed by atoms with Crippen LogP contribution >= 0.6 is 0 Å². The molecule has 2 fully saturated rings. The second-order valence-electron chi connectivity index (χ2n) is 6.33. The van der Waals surface area contributed by atoms with Gasteiger partial charge in [0, 0.05) is 37.8 Å². The van der Waals surface area contributed by atoms with Gasteiger partial charge in [-0.25, -0.2) is 9.18 Å². The Morgan fingerprint density at radius 3 is 3.00 bits per heavy atom. The van der Waals surface area contributed by atoms with Gasteiger partial charge in [0.05, 0.1) is 5.56 Å². The molecular formula is C17H19FN4O2. The van der Waals surface area contributed by atoms with Crippen LogP contribution in [-0.4, -0.2) is 53.2 Å². The fourth-order valence-corrected chi connectivity index (χ4v) is 3.49. The minimum Gasteiger partial charge on any atom is -0.354 e. The first-order valence-corrected chi connectivity index (χ1v) is 8.14. The molecule has 2 aliphatic rings. The number of carbonyl (C=O) groups excluding carboxylic acids is 1. The van der Waals surface area contributed by atoms with Crippen molar-refractivity contribution in [2.24, 2.45) is 0 Å². The number of halogens is 1. The molecule has 4 rings (SSSR count). The van der Waals surface area contributed by atoms with Gasteiger partial charge in [-0.2, -0.15) is 0 Å². The quantitative estimate of drug-likeness (QED) is 0.920. The standard InChI is InChI=1S/C17H19FN4O2/c1-11-15(13-4-2-3-5-14(13)18)24-20-16(11)19-17(23)22-9-8-21-7-6-12(22)10-21/h2-5,12H,6-10H2,1H3,(H,19,20,23). The Labute approximate surface area is 139 Å². The van der Waals surface area contributed by atoms with Gasteiger partial charge in [-0.3, -0.25) is 10.2 Å². The van der Waals surface area contributed by atoms with Crippen LogP contribution in [0.3, 0.4) is 0 Å². The van der Waals surface area contributed by atoms with E-state index >= 15 is 0 Å². The molecule has 2 atom stereocenters. The van der Waals surface area contributed by atoms with E-state index in [1.54, 1.807) is 25.1 Å². The zero-order valence-electron chi connectivity index (χ0n) is 13.5. The summed E-state index contributed by atoms with van der Waals surface area (Å²) in [4.78, 5) is 16.8. The van der Waals surface area contributed by atoms with Crippen LogP contribution in [0.25, 0.3) is 11.3 Å². The van der Waals surface area contributed by atoms with Crippen molar-refractivity contribution in [3.05, 3.63) is 35.6 Å². The molecule has 1 aromatic heterocycles. The van der Waals surface area contributed by atoms with Crippen LogP contribution in [0.1, 0.15) is 12.0 Å². The van der Waals surface area contributed by atoms with E-state index in [0.717, 1.165) is 26.1 Å². The van der Waals surface area contributed by atoms with Crippen LogP contribution in [0.4, 0.5) is 15.0 Å². The second-order valence-corrected chi connectivity index (χ2v) is 6.33. The molecule has 0 spiro atoms. The molecule has 0 saturated carbocycles. The van der Waals surface area contributed by atoms with E-state index in [1.165, 1.54) is 6.07 Å². The molecule has 1 N–H and O–H groups in total. The summed E-state index contributed by atoms with van der Waals surface area (Å²) in [6.45, 7) is 5.37. The molecule has 2 bridgehead atoms. The average Bonchev–Trinajstić information content (AvgIpc) is 3.12. The van der Waals surface area contributed by atoms with E-state index in [4.69, 9.17) is 4.52 Å². The lowest BCUT2D eigenvalue weighted by Crippen LogP contribution is -2.51. The monoisotopic (exact) mass is 330 g/mol. The number of carbonyl (C=O) groups is 1. The largest absolute Gasteiger partial charge is 0.354 e. The van der Waals surface area contributed by atoms with Crippen LogP contribution in [0.2, 0.25) is 0 Å². The lowest BCUT2D eigenvalue weighted by Gasteiger charge is -2.34. The molecule has 0 aliphatic carbocycles. The Hall–Kier alpha value is -2.41. The van der Waals surface area contributed by atoms with Crippen molar-refractivity contribution in [1.82, 2.24) is 15.0 Å². The first-order chi connectivity index (χ1) is 11.6. The number of nitrogens with one attached hydrogen (secondary N) is 1. The number of nitrogens with zero attached hydrogens (tertiary/aromatic N) is 3. The number of aromatic nitrogens is 1. The maximum atomic E-state index is 13.9. The van der Waals surface area contributed by atoms with Gasteiger partial charge in [0.15, 0.2) is 11.6 Å². The summed E-state index contributed by atoms with van der Waals surface area (Å²) >= 11 is 0. The van der Waals surface area contributed by atoms with Gasteiger partial charge in [0.1, 0.15) is 5.82 Å². The maximum Gasteiger partial charge on any atom is 0.323 e. The van der Waals surface area contributed by atoms with Gasteiger partial charge in [0.25, 0.3) is 0 Å². The van der Waals surface area contributed by atoms with E-state index in [2.05, 4.69) is 15.4 Å². The van der Waals surface area contributed by atoms with E-state index in [-0.39, 0.29) is 17.9 Å². The van der Waals surface area contributed by atoms with Crippen molar-refractivity contribution < 1.29 is 13.7 Å². The van der Waals surface area contributed by atoms with Crippen molar-refractivity contribution >= 4 is 11.8 Å². The van der Waals surface area contributed by atoms with Crippen molar-refractivity contribution in [2.45, 2.75) is 19.4 Å². The maximum absolute atomic E-state index is 13.9. The van der Waals surface area contributed by atoms with Crippen molar-refractivity contribution in [3.63, 3.8) is 0 Å². The number of hydrogen-bond acceptors (Lipinski definition) is 4. The van der Waals surface area contributed by atoms with E-state index in [0.29, 0.717) is 29.2 Å². The fraction of sp³-hybridized carbons (Fsp3) is 0.412. The Balaban J connectivity index is 1.53. The zero-order valence-corrected chi connectivity index (χ0v) is 13.5. The Morgan fingerprint density at radius 1 is 1.33 bits per heavy atom. The van der Waals surface area contributed by atoms with Crippen LogP contribution in [0.15, 0.2) is 28.8 Å². The third kappa shape index (κ3) is 2.54. The molecule has 2 unspecified atom stereocenters. The van der Waals surface area contributed by atoms with Gasteiger partial charge in [-0.15, -0.1) is 0 Å². The van der Waals surface area contributed by atoms with Gasteiger partial charge in [-0.1, -0.05) is 17.3 Å². The summed E-state index contributed by atoms with van der Waals surface area (Å²) in [5.41, 5.74) is 0.964. The normalized spacial score (nSPS) is 22.7. The van der Waals surface area contributed by atoms with Crippen LogP contribution in [0, 0.1) is 12.7 Å². The number of anilines is 1. The lowest BCUT2D eigenvalue weighted by molar-refractivity contribution is 0.153. The summed E-state index contributed by atoms with van der Waals surface area (Å²) in [6.07, 6.45) is 1.01. The lowest BCUT2D eigenvalue weighted by atomic mass is 10.1. The second kappa shape index (κ2) is 5.90. The number of benzene rings is 1. The Morgan fingerprint density at radius 2 is 2.17 bits per heavy atom. The highest BCUT2D eigenvalue weighted by Gasteiger charge is 2.35. The smallest absolute Gasteiger partial charge is 0.323 e. The third-order valence-corrected chi connectivity index (χ3v) is 4.87. The summed E-state index contributed by atoms with van der Waals surface area (Å²) in [6, 6.07) is 6.45.